The highest BCUT2D eigenvalue weighted by Crippen LogP contribution is 2.50. The molecule has 0 bridgehead atoms. The van der Waals surface area contributed by atoms with Crippen LogP contribution >= 0.6 is 8.53 Å². The lowest BCUT2D eigenvalue weighted by Gasteiger charge is -2.39. The molecule has 2 heterocycles. The Labute approximate surface area is 289 Å². The van der Waals surface area contributed by atoms with Crippen molar-refractivity contribution in [3.63, 3.8) is 0 Å². The average molecular weight is 685 g/mol. The highest BCUT2D eigenvalue weighted by molar-refractivity contribution is 7.44. The Kier molecular flexibility index (Phi) is 12.3. The molecule has 1 aromatic heterocycles. The van der Waals surface area contributed by atoms with Crippen LogP contribution in [0.3, 0.4) is 0 Å². The number of hydrogen-bond acceptors (Lipinski definition) is 8. The lowest BCUT2D eigenvalue weighted by atomic mass is 9.80. The molecule has 0 saturated carbocycles. The van der Waals surface area contributed by atoms with Gasteiger partial charge in [-0.25, -0.2) is 9.46 Å². The van der Waals surface area contributed by atoms with Gasteiger partial charge in [-0.2, -0.15) is 5.26 Å². The van der Waals surface area contributed by atoms with E-state index in [2.05, 4.69) is 79.8 Å². The summed E-state index contributed by atoms with van der Waals surface area (Å²) in [5, 5.41) is 9.25. The number of ether oxygens (including phenoxy) is 2. The standard InChI is InChI=1S/C38H45N4O6P/c1-27(2)42(28(3)4)49(46-23-15-22-39)48-33-24-35(41-25-29(5)36(43)40-37(41)44)47-34(33)26-45-38(30-16-9-6-10-17-30,31-18-11-7-12-19-31)32-20-13-8-14-21-32/h6-14,16-21,25,27-28,33-35H,15,23-24,26H2,1-5H3,(H,40,43,44)/t33-,34-,35-,49?/m1/s1. The molecule has 1 N–H and O–H groups in total. The number of aryl methyl sites for hydroxylation is 1. The molecule has 0 amide bonds. The lowest BCUT2D eigenvalue weighted by molar-refractivity contribution is -0.0925. The minimum Gasteiger partial charge on any atom is -0.358 e. The van der Waals surface area contributed by atoms with E-state index in [0.717, 1.165) is 16.7 Å². The Hall–Kier alpha value is -3.94. The predicted molar refractivity (Wildman–Crippen MR) is 190 cm³/mol. The van der Waals surface area contributed by atoms with E-state index in [1.807, 2.05) is 54.6 Å². The number of benzene rings is 3. The molecule has 49 heavy (non-hydrogen) atoms. The molecule has 1 aliphatic heterocycles. The van der Waals surface area contributed by atoms with Gasteiger partial charge in [0.2, 0.25) is 0 Å². The lowest BCUT2D eigenvalue weighted by Crippen LogP contribution is -2.39. The highest BCUT2D eigenvalue weighted by Gasteiger charge is 2.45. The first kappa shape index (κ1) is 36.3. The third-order valence-corrected chi connectivity index (χ3v) is 10.7. The Morgan fingerprint density at radius 1 is 0.939 bits per heavy atom. The van der Waals surface area contributed by atoms with Crippen molar-refractivity contribution >= 4 is 8.53 Å². The average Bonchev–Trinajstić information content (AvgIpc) is 3.50. The summed E-state index contributed by atoms with van der Waals surface area (Å²) in [6.45, 7) is 10.3. The summed E-state index contributed by atoms with van der Waals surface area (Å²) in [6, 6.07) is 32.6. The zero-order valence-electron chi connectivity index (χ0n) is 28.7. The van der Waals surface area contributed by atoms with E-state index in [4.69, 9.17) is 18.5 Å². The Balaban J connectivity index is 1.57. The fourth-order valence-electron chi connectivity index (χ4n) is 6.32. The second-order valence-corrected chi connectivity index (χ2v) is 14.0. The van der Waals surface area contributed by atoms with Crippen LogP contribution in [0, 0.1) is 18.3 Å². The van der Waals surface area contributed by atoms with Crippen molar-refractivity contribution in [1.82, 2.24) is 14.2 Å². The van der Waals surface area contributed by atoms with E-state index < -0.39 is 43.8 Å². The molecule has 1 saturated heterocycles. The van der Waals surface area contributed by atoms with Gasteiger partial charge in [-0.3, -0.25) is 14.3 Å². The molecule has 1 aliphatic rings. The summed E-state index contributed by atoms with van der Waals surface area (Å²) < 4.78 is 30.5. The van der Waals surface area contributed by atoms with E-state index in [1.165, 1.54) is 10.8 Å². The van der Waals surface area contributed by atoms with Crippen molar-refractivity contribution in [2.24, 2.45) is 0 Å². The van der Waals surface area contributed by atoms with Gasteiger partial charge >= 0.3 is 5.69 Å². The molecule has 3 aromatic carbocycles. The maximum absolute atomic E-state index is 13.0. The summed E-state index contributed by atoms with van der Waals surface area (Å²) in [6.07, 6.45) is 0.127. The van der Waals surface area contributed by atoms with E-state index in [9.17, 15) is 14.9 Å². The fourth-order valence-corrected chi connectivity index (χ4v) is 8.08. The molecular weight excluding hydrogens is 639 g/mol. The van der Waals surface area contributed by atoms with E-state index >= 15 is 0 Å². The number of hydrogen-bond donors (Lipinski definition) is 1. The van der Waals surface area contributed by atoms with E-state index in [1.54, 1.807) is 6.92 Å². The van der Waals surface area contributed by atoms with E-state index in [-0.39, 0.29) is 31.7 Å². The number of nitrogens with zero attached hydrogens (tertiary/aromatic N) is 3. The molecular formula is C38H45N4O6P. The normalized spacial score (nSPS) is 18.6. The Bertz CT molecular complexity index is 1690. The first-order valence-electron chi connectivity index (χ1n) is 16.7. The molecule has 258 valence electrons. The van der Waals surface area contributed by atoms with Crippen LogP contribution in [0.1, 0.15) is 69.0 Å². The number of nitrogens with one attached hydrogen (secondary N) is 1. The van der Waals surface area contributed by atoms with Crippen LogP contribution in [0.2, 0.25) is 0 Å². The monoisotopic (exact) mass is 684 g/mol. The number of nitriles is 1. The van der Waals surface area contributed by atoms with Crippen LogP contribution < -0.4 is 11.2 Å². The molecule has 0 radical (unpaired) electrons. The molecule has 1 fully saturated rings. The minimum absolute atomic E-state index is 0.0902. The molecule has 10 nitrogen and oxygen atoms in total. The van der Waals surface area contributed by atoms with Gasteiger partial charge < -0.3 is 18.5 Å². The van der Waals surface area contributed by atoms with Crippen LogP contribution in [0.5, 0.6) is 0 Å². The third kappa shape index (κ3) is 8.27. The van der Waals surface area contributed by atoms with E-state index in [0.29, 0.717) is 12.0 Å². The van der Waals surface area contributed by atoms with Crippen molar-refractivity contribution in [2.45, 2.75) is 83.6 Å². The molecule has 11 heteroatoms. The van der Waals surface area contributed by atoms with Gasteiger partial charge in [-0.15, -0.1) is 0 Å². The van der Waals surface area contributed by atoms with Crippen LogP contribution in [0.15, 0.2) is 107 Å². The highest BCUT2D eigenvalue weighted by atomic mass is 31.2. The zero-order chi connectivity index (χ0) is 35.0. The maximum Gasteiger partial charge on any atom is 0.330 e. The summed E-state index contributed by atoms with van der Waals surface area (Å²) >= 11 is 0. The summed E-state index contributed by atoms with van der Waals surface area (Å²) in [5.74, 6) is 0. The van der Waals surface area contributed by atoms with Gasteiger partial charge in [0.1, 0.15) is 17.9 Å². The largest absolute Gasteiger partial charge is 0.358 e. The smallest absolute Gasteiger partial charge is 0.330 e. The quantitative estimate of drug-likeness (QED) is 0.0825. The van der Waals surface area contributed by atoms with Crippen molar-refractivity contribution in [2.75, 3.05) is 13.2 Å². The second-order valence-electron chi connectivity index (χ2n) is 12.6. The van der Waals surface area contributed by atoms with Crippen LogP contribution in [-0.4, -0.2) is 51.7 Å². The minimum atomic E-state index is -1.63. The third-order valence-electron chi connectivity index (χ3n) is 8.53. The van der Waals surface area contributed by atoms with Gasteiger partial charge in [-0.1, -0.05) is 91.0 Å². The van der Waals surface area contributed by atoms with Crippen LogP contribution in [0.25, 0.3) is 0 Å². The SMILES string of the molecule is Cc1cn([C@H]2C[C@@H](OP(OCCC#N)N(C(C)C)C(C)C)[C@@H](COC(c3ccccc3)(c3ccccc3)c3ccccc3)O2)c(=O)[nH]c1=O. The van der Waals surface area contributed by atoms with Gasteiger partial charge in [-0.05, 0) is 51.3 Å². The summed E-state index contributed by atoms with van der Waals surface area (Å²) in [5.41, 5.74) is 1.22. The number of H-pyrrole nitrogens is 1. The number of rotatable bonds is 15. The zero-order valence-corrected chi connectivity index (χ0v) is 29.6. The predicted octanol–water partition coefficient (Wildman–Crippen LogP) is 6.80. The van der Waals surface area contributed by atoms with Gasteiger partial charge in [0, 0.05) is 30.3 Å². The molecule has 0 aliphatic carbocycles. The fraction of sp³-hybridized carbons (Fsp3) is 0.395. The number of aromatic amines is 1. The van der Waals surface area contributed by atoms with Gasteiger partial charge in [0.25, 0.3) is 14.1 Å². The van der Waals surface area contributed by atoms with Crippen molar-refractivity contribution in [3.8, 4) is 6.07 Å². The molecule has 4 atom stereocenters. The van der Waals surface area contributed by atoms with Crippen molar-refractivity contribution < 1.29 is 18.5 Å². The van der Waals surface area contributed by atoms with Gasteiger partial charge in [0.15, 0.2) is 0 Å². The summed E-state index contributed by atoms with van der Waals surface area (Å²) in [4.78, 5) is 27.7. The second kappa shape index (κ2) is 16.6. The topological polar surface area (TPSA) is 119 Å². The first-order valence-corrected chi connectivity index (χ1v) is 17.8. The first-order chi connectivity index (χ1) is 23.6. The number of aromatic nitrogens is 2. The van der Waals surface area contributed by atoms with Crippen molar-refractivity contribution in [1.29, 1.82) is 5.26 Å². The molecule has 4 aromatic rings. The van der Waals surface area contributed by atoms with Gasteiger partial charge in [0.05, 0.1) is 31.8 Å². The molecule has 0 spiro atoms. The van der Waals surface area contributed by atoms with Crippen LogP contribution in [-0.2, 0) is 24.1 Å². The Morgan fingerprint density at radius 3 is 1.96 bits per heavy atom. The Morgan fingerprint density at radius 2 is 1.47 bits per heavy atom. The molecule has 5 rings (SSSR count). The maximum atomic E-state index is 13.0. The molecule has 1 unspecified atom stereocenters. The summed E-state index contributed by atoms with van der Waals surface area (Å²) in [7, 11) is -1.63. The van der Waals surface area contributed by atoms with Crippen molar-refractivity contribution in [3.05, 3.63) is 140 Å². The van der Waals surface area contributed by atoms with Crippen LogP contribution in [0.4, 0.5) is 0 Å².